The zero-order valence-corrected chi connectivity index (χ0v) is 19.0. The summed E-state index contributed by atoms with van der Waals surface area (Å²) in [6, 6.07) is 16.0. The molecular weight excluding hydrogens is 445 g/mol. The lowest BCUT2D eigenvalue weighted by molar-refractivity contribution is -0.137. The molecule has 3 aromatic rings. The number of ether oxygens (including phenoxy) is 1. The summed E-state index contributed by atoms with van der Waals surface area (Å²) in [4.78, 5) is 16.9. The molecule has 6 nitrogen and oxygen atoms in total. The zero-order chi connectivity index (χ0) is 24.1. The topological polar surface area (TPSA) is 50.6 Å². The van der Waals surface area contributed by atoms with Crippen LogP contribution in [-0.4, -0.2) is 60.5 Å². The normalized spacial score (nSPS) is 14.8. The Balaban J connectivity index is 1.58. The number of benzene rings is 2. The van der Waals surface area contributed by atoms with Gasteiger partial charge >= 0.3 is 6.18 Å². The van der Waals surface area contributed by atoms with Gasteiger partial charge in [0.2, 0.25) is 0 Å². The van der Waals surface area contributed by atoms with Crippen LogP contribution in [-0.2, 0) is 17.5 Å². The van der Waals surface area contributed by atoms with E-state index in [4.69, 9.17) is 4.74 Å². The molecule has 0 atom stereocenters. The molecule has 180 valence electrons. The van der Waals surface area contributed by atoms with E-state index in [-0.39, 0.29) is 5.69 Å². The van der Waals surface area contributed by atoms with Crippen molar-refractivity contribution in [1.29, 1.82) is 0 Å². The van der Waals surface area contributed by atoms with Crippen LogP contribution in [0.15, 0.2) is 60.7 Å². The molecule has 0 spiro atoms. The molecule has 0 unspecified atom stereocenters. The maximum atomic E-state index is 13.4. The lowest BCUT2D eigenvalue weighted by atomic mass is 10.1. The first-order valence-corrected chi connectivity index (χ1v) is 11.2. The summed E-state index contributed by atoms with van der Waals surface area (Å²) in [6.45, 7) is 4.54. The summed E-state index contributed by atoms with van der Waals surface area (Å²) >= 11 is 0. The zero-order valence-electron chi connectivity index (χ0n) is 19.0. The highest BCUT2D eigenvalue weighted by Gasteiger charge is 2.31. The Morgan fingerprint density at radius 2 is 1.76 bits per heavy atom. The summed E-state index contributed by atoms with van der Waals surface area (Å²) in [5.74, 6) is -0.416. The molecule has 2 heterocycles. The van der Waals surface area contributed by atoms with Gasteiger partial charge in [0.05, 0.1) is 24.5 Å². The number of carbonyl (C=O) groups is 1. The van der Waals surface area contributed by atoms with Crippen molar-refractivity contribution in [3.05, 3.63) is 71.9 Å². The van der Waals surface area contributed by atoms with Crippen LogP contribution in [0.5, 0.6) is 0 Å². The SMILES string of the molecule is CN(C(=O)c1cc(-c2ccccc2)nn1CCCN1CCOCC1)c1cccc(C(F)(F)F)c1. The van der Waals surface area contributed by atoms with Crippen molar-refractivity contribution in [1.82, 2.24) is 14.7 Å². The minimum Gasteiger partial charge on any atom is -0.379 e. The van der Waals surface area contributed by atoms with Gasteiger partial charge in [0.25, 0.3) is 5.91 Å². The molecule has 1 amide bonds. The van der Waals surface area contributed by atoms with Crippen molar-refractivity contribution >= 4 is 11.6 Å². The number of halogens is 3. The fourth-order valence-corrected chi connectivity index (χ4v) is 3.96. The molecule has 1 aliphatic heterocycles. The third-order valence-corrected chi connectivity index (χ3v) is 5.88. The predicted octanol–water partition coefficient (Wildman–Crippen LogP) is 4.57. The summed E-state index contributed by atoms with van der Waals surface area (Å²) in [7, 11) is 1.48. The van der Waals surface area contributed by atoms with Gasteiger partial charge in [0.1, 0.15) is 5.69 Å². The van der Waals surface area contributed by atoms with Crippen molar-refractivity contribution in [2.75, 3.05) is 44.8 Å². The highest BCUT2D eigenvalue weighted by molar-refractivity contribution is 6.05. The first kappa shape index (κ1) is 24.0. The van der Waals surface area contributed by atoms with Gasteiger partial charge < -0.3 is 9.64 Å². The molecule has 0 N–H and O–H groups in total. The Hall–Kier alpha value is -3.17. The molecule has 1 aromatic heterocycles. The molecule has 1 saturated heterocycles. The van der Waals surface area contributed by atoms with Gasteiger partial charge in [-0.2, -0.15) is 18.3 Å². The fourth-order valence-electron chi connectivity index (χ4n) is 3.96. The number of amides is 1. The van der Waals surface area contributed by atoms with Crippen molar-refractivity contribution in [3.63, 3.8) is 0 Å². The molecule has 0 radical (unpaired) electrons. The summed E-state index contributed by atoms with van der Waals surface area (Å²) < 4.78 is 46.6. The molecule has 2 aromatic carbocycles. The molecule has 0 saturated carbocycles. The Morgan fingerprint density at radius 3 is 2.47 bits per heavy atom. The fraction of sp³-hybridized carbons (Fsp3) is 0.360. The lowest BCUT2D eigenvalue weighted by Crippen LogP contribution is -2.37. The van der Waals surface area contributed by atoms with Crippen LogP contribution in [0.3, 0.4) is 0 Å². The van der Waals surface area contributed by atoms with Gasteiger partial charge in [-0.3, -0.25) is 14.4 Å². The standard InChI is InChI=1S/C25H27F3N4O2/c1-30(21-10-5-9-20(17-21)25(26,27)28)24(33)23-18-22(19-7-3-2-4-8-19)29-32(23)12-6-11-31-13-15-34-16-14-31/h2-5,7-10,17-18H,6,11-16H2,1H3. The molecular formula is C25H27F3N4O2. The molecule has 0 aliphatic carbocycles. The van der Waals surface area contributed by atoms with Crippen LogP contribution in [0.4, 0.5) is 18.9 Å². The van der Waals surface area contributed by atoms with Crippen LogP contribution in [0.1, 0.15) is 22.5 Å². The second-order valence-corrected chi connectivity index (χ2v) is 8.22. The summed E-state index contributed by atoms with van der Waals surface area (Å²) in [5, 5.41) is 4.66. The van der Waals surface area contributed by atoms with Crippen LogP contribution in [0, 0.1) is 0 Å². The Labute approximate surface area is 196 Å². The highest BCUT2D eigenvalue weighted by Crippen LogP contribution is 2.32. The molecule has 9 heteroatoms. The van der Waals surface area contributed by atoms with Crippen molar-refractivity contribution in [2.45, 2.75) is 19.1 Å². The molecule has 1 fully saturated rings. The minimum absolute atomic E-state index is 0.169. The monoisotopic (exact) mass is 472 g/mol. The van der Waals surface area contributed by atoms with Crippen LogP contribution in [0.25, 0.3) is 11.3 Å². The lowest BCUT2D eigenvalue weighted by Gasteiger charge is -2.26. The maximum Gasteiger partial charge on any atom is 0.416 e. The third kappa shape index (κ3) is 5.66. The predicted molar refractivity (Wildman–Crippen MR) is 124 cm³/mol. The Kier molecular flexibility index (Phi) is 7.33. The second kappa shape index (κ2) is 10.4. The minimum atomic E-state index is -4.48. The number of hydrogen-bond acceptors (Lipinski definition) is 4. The van der Waals surface area contributed by atoms with Crippen molar-refractivity contribution in [3.8, 4) is 11.3 Å². The van der Waals surface area contributed by atoms with Crippen LogP contribution >= 0.6 is 0 Å². The molecule has 1 aliphatic rings. The van der Waals surface area contributed by atoms with E-state index in [0.717, 1.165) is 43.8 Å². The third-order valence-electron chi connectivity index (χ3n) is 5.88. The number of carbonyl (C=O) groups excluding carboxylic acids is 1. The van der Waals surface area contributed by atoms with E-state index in [1.54, 1.807) is 10.7 Å². The van der Waals surface area contributed by atoms with E-state index in [0.29, 0.717) is 31.1 Å². The molecule has 34 heavy (non-hydrogen) atoms. The van der Waals surface area contributed by atoms with Gasteiger partial charge in [-0.05, 0) is 30.7 Å². The maximum absolute atomic E-state index is 13.4. The molecule has 4 rings (SSSR count). The highest BCUT2D eigenvalue weighted by atomic mass is 19.4. The summed E-state index contributed by atoms with van der Waals surface area (Å²) in [6.07, 6.45) is -3.70. The molecule has 0 bridgehead atoms. The van der Waals surface area contributed by atoms with Gasteiger partial charge in [0.15, 0.2) is 0 Å². The quantitative estimate of drug-likeness (QED) is 0.506. The van der Waals surface area contributed by atoms with E-state index in [9.17, 15) is 18.0 Å². The number of rotatable bonds is 7. The van der Waals surface area contributed by atoms with Crippen LogP contribution in [0.2, 0.25) is 0 Å². The second-order valence-electron chi connectivity index (χ2n) is 8.22. The van der Waals surface area contributed by atoms with E-state index >= 15 is 0 Å². The average molecular weight is 473 g/mol. The first-order chi connectivity index (χ1) is 16.3. The number of morpholine rings is 1. The number of aryl methyl sites for hydroxylation is 1. The summed E-state index contributed by atoms with van der Waals surface area (Å²) in [5.41, 5.74) is 1.22. The van der Waals surface area contributed by atoms with E-state index in [1.807, 2.05) is 30.3 Å². The van der Waals surface area contributed by atoms with Gasteiger partial charge in [-0.1, -0.05) is 36.4 Å². The van der Waals surface area contributed by atoms with Gasteiger partial charge in [-0.25, -0.2) is 0 Å². The van der Waals surface area contributed by atoms with E-state index < -0.39 is 17.6 Å². The smallest absolute Gasteiger partial charge is 0.379 e. The Bertz CT molecular complexity index is 1110. The number of aromatic nitrogens is 2. The van der Waals surface area contributed by atoms with Crippen LogP contribution < -0.4 is 4.90 Å². The van der Waals surface area contributed by atoms with Crippen molar-refractivity contribution < 1.29 is 22.7 Å². The van der Waals surface area contributed by atoms with Crippen molar-refractivity contribution in [2.24, 2.45) is 0 Å². The first-order valence-electron chi connectivity index (χ1n) is 11.2. The Morgan fingerprint density at radius 1 is 1.03 bits per heavy atom. The van der Waals surface area contributed by atoms with E-state index in [2.05, 4.69) is 10.00 Å². The average Bonchev–Trinajstić information content (AvgIpc) is 3.28. The van der Waals surface area contributed by atoms with Gasteiger partial charge in [-0.15, -0.1) is 0 Å². The number of alkyl halides is 3. The van der Waals surface area contributed by atoms with E-state index in [1.165, 1.54) is 24.1 Å². The number of hydrogen-bond donors (Lipinski definition) is 0. The number of nitrogens with zero attached hydrogens (tertiary/aromatic N) is 4. The van der Waals surface area contributed by atoms with Gasteiger partial charge in [0, 0.05) is 44.5 Å². The number of anilines is 1. The largest absolute Gasteiger partial charge is 0.416 e.